The Hall–Kier alpha value is -3.22. The van der Waals surface area contributed by atoms with Crippen LogP contribution in [0, 0.1) is 0 Å². The van der Waals surface area contributed by atoms with Gasteiger partial charge in [-0.15, -0.1) is 0 Å². The maximum atomic E-state index is 12.0. The Balaban J connectivity index is 1.65. The molecule has 2 aromatic carbocycles. The van der Waals surface area contributed by atoms with Gasteiger partial charge in [0, 0.05) is 25.3 Å². The number of oxazole rings is 1. The summed E-state index contributed by atoms with van der Waals surface area (Å²) >= 11 is 0. The van der Waals surface area contributed by atoms with E-state index < -0.39 is 5.76 Å². The molecule has 124 valence electrons. The molecule has 0 unspecified atom stereocenters. The van der Waals surface area contributed by atoms with Gasteiger partial charge in [0.2, 0.25) is 0 Å². The standard InChI is InChI=1S/C17H17N3O4/c1-20-14-7-6-12(9-15(14)24-17(20)22)19-16(21)18-10-11-4-3-5-13(8-11)23-2/h3-9H,10H2,1-2H3,(H2,18,19,21). The first-order chi connectivity index (χ1) is 11.6. The minimum absolute atomic E-state index is 0.351. The average molecular weight is 327 g/mol. The molecule has 0 atom stereocenters. The summed E-state index contributed by atoms with van der Waals surface area (Å²) < 4.78 is 11.6. The largest absolute Gasteiger partial charge is 0.497 e. The third-order valence-electron chi connectivity index (χ3n) is 3.64. The van der Waals surface area contributed by atoms with E-state index in [9.17, 15) is 9.59 Å². The summed E-state index contributed by atoms with van der Waals surface area (Å²) in [6, 6.07) is 12.1. The number of aryl methyl sites for hydroxylation is 1. The van der Waals surface area contributed by atoms with Crippen LogP contribution in [0.3, 0.4) is 0 Å². The Kier molecular flexibility index (Phi) is 4.24. The zero-order chi connectivity index (χ0) is 17.1. The molecule has 2 N–H and O–H groups in total. The van der Waals surface area contributed by atoms with Crippen LogP contribution in [0.4, 0.5) is 10.5 Å². The molecule has 2 amide bonds. The fraction of sp³-hybridized carbons (Fsp3) is 0.176. The summed E-state index contributed by atoms with van der Waals surface area (Å²) in [6.07, 6.45) is 0. The number of nitrogens with zero attached hydrogens (tertiary/aromatic N) is 1. The Morgan fingerprint density at radius 2 is 2.08 bits per heavy atom. The number of ether oxygens (including phenoxy) is 1. The summed E-state index contributed by atoms with van der Waals surface area (Å²) in [5, 5.41) is 5.47. The van der Waals surface area contributed by atoms with Gasteiger partial charge in [0.1, 0.15) is 5.75 Å². The van der Waals surface area contributed by atoms with Crippen LogP contribution in [0.15, 0.2) is 51.7 Å². The highest BCUT2D eigenvalue weighted by Gasteiger charge is 2.08. The normalized spacial score (nSPS) is 10.6. The van der Waals surface area contributed by atoms with E-state index >= 15 is 0 Å². The molecule has 3 aromatic rings. The second-order valence-corrected chi connectivity index (χ2v) is 5.27. The van der Waals surface area contributed by atoms with Crippen LogP contribution < -0.4 is 21.1 Å². The highest BCUT2D eigenvalue weighted by molar-refractivity contribution is 5.91. The Morgan fingerprint density at radius 1 is 1.25 bits per heavy atom. The van der Waals surface area contributed by atoms with Crippen molar-refractivity contribution < 1.29 is 13.9 Å². The van der Waals surface area contributed by atoms with Gasteiger partial charge < -0.3 is 19.8 Å². The van der Waals surface area contributed by atoms with Crippen LogP contribution in [0.25, 0.3) is 11.1 Å². The smallest absolute Gasteiger partial charge is 0.419 e. The molecule has 0 saturated carbocycles. The number of aromatic nitrogens is 1. The maximum Gasteiger partial charge on any atom is 0.419 e. The van der Waals surface area contributed by atoms with Crippen molar-refractivity contribution >= 4 is 22.8 Å². The summed E-state index contributed by atoms with van der Waals surface area (Å²) in [5.74, 6) is 0.295. The quantitative estimate of drug-likeness (QED) is 0.771. The third-order valence-corrected chi connectivity index (χ3v) is 3.64. The van der Waals surface area contributed by atoms with Crippen LogP contribution in [0.5, 0.6) is 5.75 Å². The van der Waals surface area contributed by atoms with Crippen molar-refractivity contribution in [3.63, 3.8) is 0 Å². The number of benzene rings is 2. The van der Waals surface area contributed by atoms with Crippen LogP contribution in [-0.4, -0.2) is 17.7 Å². The zero-order valence-corrected chi connectivity index (χ0v) is 13.3. The highest BCUT2D eigenvalue weighted by Crippen LogP contribution is 2.18. The lowest BCUT2D eigenvalue weighted by Crippen LogP contribution is -2.28. The number of hydrogen-bond acceptors (Lipinski definition) is 4. The van der Waals surface area contributed by atoms with Crippen LogP contribution >= 0.6 is 0 Å². The number of anilines is 1. The van der Waals surface area contributed by atoms with Gasteiger partial charge in [0.05, 0.1) is 12.6 Å². The Labute approximate surface area is 137 Å². The van der Waals surface area contributed by atoms with Gasteiger partial charge in [-0.25, -0.2) is 9.59 Å². The maximum absolute atomic E-state index is 12.0. The molecule has 0 aliphatic heterocycles. The molecule has 3 rings (SSSR count). The van der Waals surface area contributed by atoms with Gasteiger partial charge >= 0.3 is 11.8 Å². The molecule has 7 nitrogen and oxygen atoms in total. The first kappa shape index (κ1) is 15.7. The molecule has 0 fully saturated rings. The van der Waals surface area contributed by atoms with E-state index in [4.69, 9.17) is 9.15 Å². The van der Waals surface area contributed by atoms with Crippen molar-refractivity contribution in [3.05, 3.63) is 58.6 Å². The van der Waals surface area contributed by atoms with E-state index in [0.29, 0.717) is 23.3 Å². The SMILES string of the molecule is COc1cccc(CNC(=O)Nc2ccc3c(c2)oc(=O)n3C)c1. The topological polar surface area (TPSA) is 85.5 Å². The summed E-state index contributed by atoms with van der Waals surface area (Å²) in [4.78, 5) is 23.5. The Bertz CT molecular complexity index is 942. The van der Waals surface area contributed by atoms with Crippen molar-refractivity contribution in [2.75, 3.05) is 12.4 Å². The molecule has 7 heteroatoms. The van der Waals surface area contributed by atoms with Gasteiger partial charge in [-0.1, -0.05) is 12.1 Å². The number of amides is 2. The van der Waals surface area contributed by atoms with Crippen molar-refractivity contribution in [3.8, 4) is 5.75 Å². The molecule has 0 radical (unpaired) electrons. The highest BCUT2D eigenvalue weighted by atomic mass is 16.5. The number of methoxy groups -OCH3 is 1. The predicted octanol–water partition coefficient (Wildman–Crippen LogP) is 2.46. The first-order valence-corrected chi connectivity index (χ1v) is 7.34. The molecular weight excluding hydrogens is 310 g/mol. The fourth-order valence-corrected chi connectivity index (χ4v) is 2.35. The third kappa shape index (κ3) is 3.24. The molecule has 0 aliphatic carbocycles. The van der Waals surface area contributed by atoms with E-state index in [1.54, 1.807) is 32.4 Å². The molecular formula is C17H17N3O4. The molecule has 0 spiro atoms. The van der Waals surface area contributed by atoms with Crippen molar-refractivity contribution in [2.45, 2.75) is 6.54 Å². The van der Waals surface area contributed by atoms with Crippen LogP contribution in [-0.2, 0) is 13.6 Å². The number of rotatable bonds is 4. The van der Waals surface area contributed by atoms with Gasteiger partial charge in [0.15, 0.2) is 5.58 Å². The first-order valence-electron chi connectivity index (χ1n) is 7.34. The molecule has 1 aromatic heterocycles. The van der Waals surface area contributed by atoms with Gasteiger partial charge in [0.25, 0.3) is 0 Å². The summed E-state index contributed by atoms with van der Waals surface area (Å²) in [7, 11) is 3.22. The van der Waals surface area contributed by atoms with E-state index in [-0.39, 0.29) is 6.03 Å². The van der Waals surface area contributed by atoms with Gasteiger partial charge in [-0.2, -0.15) is 0 Å². The number of fused-ring (bicyclic) bond motifs is 1. The summed E-state index contributed by atoms with van der Waals surface area (Å²) in [6.45, 7) is 0.367. The number of nitrogens with one attached hydrogen (secondary N) is 2. The fourth-order valence-electron chi connectivity index (χ4n) is 2.35. The lowest BCUT2D eigenvalue weighted by molar-refractivity contribution is 0.251. The predicted molar refractivity (Wildman–Crippen MR) is 90.3 cm³/mol. The van der Waals surface area contributed by atoms with Crippen LogP contribution in [0.2, 0.25) is 0 Å². The second kappa shape index (κ2) is 6.49. The minimum atomic E-state index is -0.440. The van der Waals surface area contributed by atoms with E-state index in [2.05, 4.69) is 10.6 Å². The second-order valence-electron chi connectivity index (χ2n) is 5.27. The van der Waals surface area contributed by atoms with Crippen molar-refractivity contribution in [2.24, 2.45) is 7.05 Å². The molecule has 0 aliphatic rings. The average Bonchev–Trinajstić information content (AvgIpc) is 2.87. The number of carbonyl (C=O) groups is 1. The van der Waals surface area contributed by atoms with Gasteiger partial charge in [-0.05, 0) is 29.8 Å². The monoisotopic (exact) mass is 327 g/mol. The van der Waals surface area contributed by atoms with Gasteiger partial charge in [-0.3, -0.25) is 4.57 Å². The van der Waals surface area contributed by atoms with Crippen molar-refractivity contribution in [1.29, 1.82) is 0 Å². The minimum Gasteiger partial charge on any atom is -0.497 e. The van der Waals surface area contributed by atoms with E-state index in [1.165, 1.54) is 4.57 Å². The lowest BCUT2D eigenvalue weighted by atomic mass is 10.2. The molecule has 0 bridgehead atoms. The van der Waals surface area contributed by atoms with Crippen molar-refractivity contribution in [1.82, 2.24) is 9.88 Å². The lowest BCUT2D eigenvalue weighted by Gasteiger charge is -2.08. The zero-order valence-electron chi connectivity index (χ0n) is 13.3. The molecule has 0 saturated heterocycles. The van der Waals surface area contributed by atoms with E-state index in [0.717, 1.165) is 11.3 Å². The number of carbonyl (C=O) groups excluding carboxylic acids is 1. The molecule has 24 heavy (non-hydrogen) atoms. The Morgan fingerprint density at radius 3 is 2.88 bits per heavy atom. The summed E-state index contributed by atoms with van der Waals surface area (Å²) in [5.41, 5.74) is 2.56. The van der Waals surface area contributed by atoms with Crippen LogP contribution in [0.1, 0.15) is 5.56 Å². The molecule has 1 heterocycles. The van der Waals surface area contributed by atoms with E-state index in [1.807, 2.05) is 24.3 Å². The number of urea groups is 1. The number of hydrogen-bond donors (Lipinski definition) is 2.